The molecule has 2 atom stereocenters. The normalized spacial score (nSPS) is 12.6. The lowest BCUT2D eigenvalue weighted by Crippen LogP contribution is -2.27. The number of hydrogen-bond acceptors (Lipinski definition) is 6. The van der Waals surface area contributed by atoms with Crippen LogP contribution in [-0.4, -0.2) is 40.6 Å². The second-order valence-electron chi connectivity index (χ2n) is 8.71. The van der Waals surface area contributed by atoms with Crippen LogP contribution >= 0.6 is 11.6 Å². The Hall–Kier alpha value is -3.12. The van der Waals surface area contributed by atoms with Gasteiger partial charge in [0.15, 0.2) is 11.6 Å². The fourth-order valence-electron chi connectivity index (χ4n) is 3.53. The molecule has 0 aliphatic heterocycles. The number of carbonyl (C=O) groups is 1. The number of hydrogen-bond donors (Lipinski definition) is 0. The summed E-state index contributed by atoms with van der Waals surface area (Å²) in [6.45, 7) is 6.89. The fraction of sp³-hybridized carbons (Fsp3) is 0.414. The van der Waals surface area contributed by atoms with Crippen molar-refractivity contribution in [2.45, 2.75) is 64.4 Å². The lowest BCUT2D eigenvalue weighted by atomic mass is 10.0. The predicted molar refractivity (Wildman–Crippen MR) is 144 cm³/mol. The Morgan fingerprint density at radius 3 is 2.06 bits per heavy atom. The Kier molecular flexibility index (Phi) is 11.0. The molecule has 3 rings (SSSR count). The van der Waals surface area contributed by atoms with E-state index in [1.54, 1.807) is 19.3 Å². The van der Waals surface area contributed by atoms with Gasteiger partial charge in [0.1, 0.15) is 23.8 Å². The molecule has 2 unspecified atom stereocenters. The summed E-state index contributed by atoms with van der Waals surface area (Å²) in [6, 6.07) is 15.9. The largest absolute Gasteiger partial charge is 0.490 e. The third-order valence-electron chi connectivity index (χ3n) is 5.58. The Morgan fingerprint density at radius 1 is 0.833 bits per heavy atom. The number of carbonyl (C=O) groups excluding carboxylic acids is 1. The van der Waals surface area contributed by atoms with E-state index in [4.69, 9.17) is 25.8 Å². The zero-order valence-electron chi connectivity index (χ0n) is 21.3. The van der Waals surface area contributed by atoms with E-state index in [2.05, 4.69) is 16.9 Å². The van der Waals surface area contributed by atoms with Crippen LogP contribution in [0.4, 0.5) is 0 Å². The van der Waals surface area contributed by atoms with Crippen LogP contribution in [0.15, 0.2) is 60.9 Å². The highest BCUT2D eigenvalue weighted by atomic mass is 35.5. The molecule has 0 saturated heterocycles. The molecule has 0 fully saturated rings. The summed E-state index contributed by atoms with van der Waals surface area (Å²) < 4.78 is 16.8. The second kappa shape index (κ2) is 14.4. The van der Waals surface area contributed by atoms with Crippen LogP contribution in [0.3, 0.4) is 0 Å². The molecule has 0 saturated carbocycles. The van der Waals surface area contributed by atoms with E-state index in [9.17, 15) is 4.79 Å². The van der Waals surface area contributed by atoms with Gasteiger partial charge in [0.05, 0.1) is 19.0 Å². The Balaban J connectivity index is 1.51. The molecule has 0 spiro atoms. The van der Waals surface area contributed by atoms with Gasteiger partial charge in [-0.05, 0) is 43.0 Å². The van der Waals surface area contributed by atoms with Crippen molar-refractivity contribution in [1.82, 2.24) is 9.97 Å². The smallest absolute Gasteiger partial charge is 0.324 e. The number of ether oxygens (including phenoxy) is 3. The Labute approximate surface area is 219 Å². The van der Waals surface area contributed by atoms with Crippen molar-refractivity contribution in [2.75, 3.05) is 13.2 Å². The molecule has 0 aliphatic carbocycles. The lowest BCUT2D eigenvalue weighted by Gasteiger charge is -2.16. The molecular weight excluding hydrogens is 476 g/mol. The predicted octanol–water partition coefficient (Wildman–Crippen LogP) is 7.10. The van der Waals surface area contributed by atoms with Crippen molar-refractivity contribution in [1.29, 1.82) is 0 Å². The fourth-order valence-corrected chi connectivity index (χ4v) is 3.80. The molecule has 2 aromatic carbocycles. The first-order valence-electron chi connectivity index (χ1n) is 12.6. The van der Waals surface area contributed by atoms with E-state index in [1.807, 2.05) is 55.5 Å². The highest BCUT2D eigenvalue weighted by Crippen LogP contribution is 2.25. The molecule has 7 heteroatoms. The van der Waals surface area contributed by atoms with Crippen molar-refractivity contribution in [3.05, 3.63) is 60.9 Å². The minimum absolute atomic E-state index is 0.262. The second-order valence-corrected chi connectivity index (χ2v) is 9.24. The standard InChI is InChI=1S/C29H35ClN2O4/c1-4-6-7-17-34-26-18-31-28(32-19-26)24-11-9-22(10-12-24)23-13-15-25(16-14-23)35-20-21(3)36-29(33)27(30)8-5-2/h9-16,18-19,21,27H,4-8,17,20H2,1-3H3. The molecule has 1 aromatic heterocycles. The van der Waals surface area contributed by atoms with E-state index >= 15 is 0 Å². The first-order valence-corrected chi connectivity index (χ1v) is 13.1. The average Bonchev–Trinajstić information content (AvgIpc) is 2.91. The highest BCUT2D eigenvalue weighted by molar-refractivity contribution is 6.29. The van der Waals surface area contributed by atoms with E-state index in [0.717, 1.165) is 36.0 Å². The van der Waals surface area contributed by atoms with Crippen molar-refractivity contribution < 1.29 is 19.0 Å². The van der Waals surface area contributed by atoms with Gasteiger partial charge in [-0.1, -0.05) is 69.5 Å². The number of esters is 1. The van der Waals surface area contributed by atoms with Crippen LogP contribution in [0.25, 0.3) is 22.5 Å². The van der Waals surface area contributed by atoms with E-state index in [0.29, 0.717) is 30.4 Å². The molecule has 3 aromatic rings. The number of alkyl halides is 1. The molecule has 0 N–H and O–H groups in total. The molecule has 0 amide bonds. The monoisotopic (exact) mass is 510 g/mol. The molecule has 6 nitrogen and oxygen atoms in total. The van der Waals surface area contributed by atoms with Crippen LogP contribution in [0.1, 0.15) is 52.9 Å². The maximum Gasteiger partial charge on any atom is 0.324 e. The van der Waals surface area contributed by atoms with Gasteiger partial charge in [0.2, 0.25) is 0 Å². The summed E-state index contributed by atoms with van der Waals surface area (Å²) in [6.07, 6.45) is 7.86. The molecule has 0 radical (unpaired) electrons. The van der Waals surface area contributed by atoms with Crippen LogP contribution < -0.4 is 9.47 Å². The third kappa shape index (κ3) is 8.52. The highest BCUT2D eigenvalue weighted by Gasteiger charge is 2.19. The molecule has 0 aliphatic rings. The molecule has 192 valence electrons. The minimum atomic E-state index is -0.608. The maximum absolute atomic E-state index is 11.9. The number of halogens is 1. The summed E-state index contributed by atoms with van der Waals surface area (Å²) in [5, 5.41) is -0.608. The molecule has 1 heterocycles. The summed E-state index contributed by atoms with van der Waals surface area (Å²) in [4.78, 5) is 20.8. The van der Waals surface area contributed by atoms with Crippen molar-refractivity contribution in [3.63, 3.8) is 0 Å². The molecule has 0 bridgehead atoms. The lowest BCUT2D eigenvalue weighted by molar-refractivity contribution is -0.149. The van der Waals surface area contributed by atoms with Crippen molar-refractivity contribution >= 4 is 17.6 Å². The van der Waals surface area contributed by atoms with Gasteiger partial charge in [-0.3, -0.25) is 4.79 Å². The van der Waals surface area contributed by atoms with Crippen molar-refractivity contribution in [3.8, 4) is 34.0 Å². The third-order valence-corrected chi connectivity index (χ3v) is 5.97. The van der Waals surface area contributed by atoms with E-state index < -0.39 is 11.3 Å². The quantitative estimate of drug-likeness (QED) is 0.131. The van der Waals surface area contributed by atoms with Crippen LogP contribution in [0.5, 0.6) is 11.5 Å². The number of nitrogens with zero attached hydrogens (tertiary/aromatic N) is 2. The van der Waals surface area contributed by atoms with E-state index in [1.165, 1.54) is 6.42 Å². The Morgan fingerprint density at radius 2 is 1.44 bits per heavy atom. The van der Waals surface area contributed by atoms with Gasteiger partial charge in [-0.2, -0.15) is 0 Å². The summed E-state index contributed by atoms with van der Waals surface area (Å²) in [5.41, 5.74) is 3.08. The van der Waals surface area contributed by atoms with Gasteiger partial charge in [-0.15, -0.1) is 11.6 Å². The zero-order valence-corrected chi connectivity index (χ0v) is 22.0. The average molecular weight is 511 g/mol. The summed E-state index contributed by atoms with van der Waals surface area (Å²) in [7, 11) is 0. The molecular formula is C29H35ClN2O4. The van der Waals surface area contributed by atoms with Gasteiger partial charge in [0.25, 0.3) is 0 Å². The first kappa shape index (κ1) is 27.5. The van der Waals surface area contributed by atoms with Crippen LogP contribution in [0, 0.1) is 0 Å². The van der Waals surface area contributed by atoms with Gasteiger partial charge < -0.3 is 14.2 Å². The zero-order chi connectivity index (χ0) is 25.8. The van der Waals surface area contributed by atoms with Crippen molar-refractivity contribution in [2.24, 2.45) is 0 Å². The molecule has 36 heavy (non-hydrogen) atoms. The number of rotatable bonds is 14. The SMILES string of the molecule is CCCCCOc1cnc(-c2ccc(-c3ccc(OCC(C)OC(=O)C(Cl)CCC)cc3)cc2)nc1. The minimum Gasteiger partial charge on any atom is -0.490 e. The van der Waals surface area contributed by atoms with Gasteiger partial charge in [-0.25, -0.2) is 9.97 Å². The number of benzene rings is 2. The number of unbranched alkanes of at least 4 members (excludes halogenated alkanes) is 2. The van der Waals surface area contributed by atoms with Crippen LogP contribution in [-0.2, 0) is 9.53 Å². The maximum atomic E-state index is 11.9. The van der Waals surface area contributed by atoms with E-state index in [-0.39, 0.29) is 12.7 Å². The Bertz CT molecular complexity index is 1060. The summed E-state index contributed by atoms with van der Waals surface area (Å²) >= 11 is 6.02. The van der Waals surface area contributed by atoms with Gasteiger partial charge >= 0.3 is 5.97 Å². The van der Waals surface area contributed by atoms with Gasteiger partial charge in [0, 0.05) is 5.56 Å². The first-order chi connectivity index (χ1) is 17.5. The van der Waals surface area contributed by atoms with Crippen LogP contribution in [0.2, 0.25) is 0 Å². The summed E-state index contributed by atoms with van der Waals surface area (Å²) in [5.74, 6) is 1.67. The topological polar surface area (TPSA) is 70.5 Å². The number of aromatic nitrogens is 2.